The first-order valence-corrected chi connectivity index (χ1v) is 11.5. The van der Waals surface area contributed by atoms with E-state index in [1.165, 1.54) is 31.2 Å². The van der Waals surface area contributed by atoms with E-state index in [1.54, 1.807) is 0 Å². The Kier molecular flexibility index (Phi) is 5.49. The zero-order chi connectivity index (χ0) is 21.2. The molecule has 3 heterocycles. The summed E-state index contributed by atoms with van der Waals surface area (Å²) in [7, 11) is 0. The second-order valence-corrected chi connectivity index (χ2v) is 8.93. The molecule has 2 aromatic carbocycles. The molecule has 2 N–H and O–H groups in total. The number of aryl methyl sites for hydroxylation is 1. The third-order valence-corrected chi connectivity index (χ3v) is 6.69. The highest BCUT2D eigenvalue weighted by Crippen LogP contribution is 2.37. The van der Waals surface area contributed by atoms with Gasteiger partial charge in [-0.3, -0.25) is 0 Å². The van der Waals surface area contributed by atoms with Gasteiger partial charge in [-0.25, -0.2) is 9.78 Å². The number of urea groups is 1. The van der Waals surface area contributed by atoms with Gasteiger partial charge in [0.15, 0.2) is 0 Å². The van der Waals surface area contributed by atoms with Crippen molar-refractivity contribution in [1.29, 1.82) is 0 Å². The number of aromatic nitrogens is 1. The molecule has 0 spiro atoms. The molecule has 3 fully saturated rings. The highest BCUT2D eigenvalue weighted by molar-refractivity contribution is 6.01. The van der Waals surface area contributed by atoms with Gasteiger partial charge in [0, 0.05) is 29.3 Å². The van der Waals surface area contributed by atoms with Gasteiger partial charge in [0.25, 0.3) is 0 Å². The summed E-state index contributed by atoms with van der Waals surface area (Å²) in [6, 6.07) is 18.6. The Morgan fingerprint density at radius 1 is 0.968 bits per heavy atom. The van der Waals surface area contributed by atoms with Crippen molar-refractivity contribution in [3.05, 3.63) is 60.2 Å². The van der Waals surface area contributed by atoms with Gasteiger partial charge in [0.05, 0.1) is 5.52 Å². The first-order chi connectivity index (χ1) is 15.2. The zero-order valence-electron chi connectivity index (χ0n) is 18.1. The maximum absolute atomic E-state index is 12.4. The fraction of sp³-hybridized carbons (Fsp3) is 0.385. The van der Waals surface area contributed by atoms with Crippen LogP contribution in [0.3, 0.4) is 0 Å². The lowest BCUT2D eigenvalue weighted by Crippen LogP contribution is -2.48. The van der Waals surface area contributed by atoms with Crippen LogP contribution in [0, 0.1) is 5.92 Å². The van der Waals surface area contributed by atoms with Gasteiger partial charge in [-0.15, -0.1) is 0 Å². The number of pyridine rings is 1. The number of nitrogens with one attached hydrogen (secondary N) is 2. The van der Waals surface area contributed by atoms with Crippen LogP contribution in [0.25, 0.3) is 10.9 Å². The molecule has 2 aliphatic heterocycles. The van der Waals surface area contributed by atoms with E-state index in [4.69, 9.17) is 4.98 Å². The van der Waals surface area contributed by atoms with Crippen LogP contribution in [0.1, 0.15) is 44.6 Å². The molecule has 5 nitrogen and oxygen atoms in total. The number of hydrogen-bond donors (Lipinski definition) is 2. The Balaban J connectivity index is 1.26. The predicted molar refractivity (Wildman–Crippen MR) is 128 cm³/mol. The number of benzene rings is 2. The van der Waals surface area contributed by atoms with Gasteiger partial charge in [-0.1, -0.05) is 25.5 Å². The quantitative estimate of drug-likeness (QED) is 0.522. The molecule has 2 saturated heterocycles. The summed E-state index contributed by atoms with van der Waals surface area (Å²) in [6.45, 7) is 3.30. The summed E-state index contributed by atoms with van der Waals surface area (Å²) in [5, 5.41) is 6.87. The van der Waals surface area contributed by atoms with Gasteiger partial charge in [-0.05, 0) is 86.1 Å². The van der Waals surface area contributed by atoms with E-state index in [-0.39, 0.29) is 6.03 Å². The van der Waals surface area contributed by atoms with Gasteiger partial charge in [0.1, 0.15) is 5.82 Å². The number of nitrogens with zero attached hydrogens (tertiary/aromatic N) is 2. The van der Waals surface area contributed by atoms with E-state index in [9.17, 15) is 4.79 Å². The average Bonchev–Trinajstić information content (AvgIpc) is 2.81. The molecule has 0 atom stereocenters. The Morgan fingerprint density at radius 3 is 2.42 bits per heavy atom. The molecule has 2 amide bonds. The van der Waals surface area contributed by atoms with Crippen LogP contribution in [0.2, 0.25) is 0 Å². The third kappa shape index (κ3) is 4.36. The summed E-state index contributed by atoms with van der Waals surface area (Å²) in [4.78, 5) is 19.8. The van der Waals surface area contributed by atoms with Crippen molar-refractivity contribution in [3.63, 3.8) is 0 Å². The lowest BCUT2D eigenvalue weighted by molar-refractivity contribution is 0.251. The fourth-order valence-corrected chi connectivity index (χ4v) is 5.04. The molecule has 6 rings (SSSR count). The molecule has 1 saturated carbocycles. The van der Waals surface area contributed by atoms with Crippen molar-refractivity contribution in [2.75, 3.05) is 22.1 Å². The Bertz CT molecular complexity index is 1070. The zero-order valence-corrected chi connectivity index (χ0v) is 18.1. The van der Waals surface area contributed by atoms with E-state index in [2.05, 4.69) is 46.7 Å². The largest absolute Gasteiger partial charge is 0.353 e. The van der Waals surface area contributed by atoms with Crippen molar-refractivity contribution in [2.24, 2.45) is 5.92 Å². The Labute approximate surface area is 183 Å². The van der Waals surface area contributed by atoms with Gasteiger partial charge in [-0.2, -0.15) is 0 Å². The molecule has 3 aliphatic rings. The van der Waals surface area contributed by atoms with Crippen LogP contribution < -0.4 is 15.5 Å². The summed E-state index contributed by atoms with van der Waals surface area (Å²) in [6.07, 6.45) is 7.50. The molecule has 160 valence electrons. The first-order valence-electron chi connectivity index (χ1n) is 11.5. The summed E-state index contributed by atoms with van der Waals surface area (Å²) in [5.74, 6) is 1.92. The lowest BCUT2D eigenvalue weighted by Gasteiger charge is -2.46. The minimum atomic E-state index is -0.239. The predicted octanol–water partition coefficient (Wildman–Crippen LogP) is 6.21. The third-order valence-electron chi connectivity index (χ3n) is 6.69. The van der Waals surface area contributed by atoms with Crippen LogP contribution in [-0.2, 0) is 6.42 Å². The standard InChI is InChI=1S/C26H30N4O/c1-2-3-18-4-9-21(10-5-18)27-26(31)28-22-11-14-24-20(16-22)8-15-25(29-24)30-17-19-6-12-23(30)13-7-19/h4-5,8-11,14-16,19,23H,2-3,6-7,12-13,17H2,1H3,(H2,27,28,31). The molecular weight excluding hydrogens is 384 g/mol. The minimum absolute atomic E-state index is 0.239. The maximum Gasteiger partial charge on any atom is 0.323 e. The summed E-state index contributed by atoms with van der Waals surface area (Å²) >= 11 is 0. The van der Waals surface area contributed by atoms with Crippen LogP contribution in [0.5, 0.6) is 0 Å². The lowest BCUT2D eigenvalue weighted by atomic mass is 9.80. The maximum atomic E-state index is 12.4. The number of anilines is 3. The molecule has 1 aromatic heterocycles. The highest BCUT2D eigenvalue weighted by atomic mass is 16.2. The van der Waals surface area contributed by atoms with Crippen LogP contribution in [0.15, 0.2) is 54.6 Å². The second-order valence-electron chi connectivity index (χ2n) is 8.93. The van der Waals surface area contributed by atoms with Gasteiger partial charge < -0.3 is 15.5 Å². The SMILES string of the molecule is CCCc1ccc(NC(=O)Nc2ccc3nc(N4CC5CCC4CC5)ccc3c2)cc1. The van der Waals surface area contributed by atoms with E-state index < -0.39 is 0 Å². The molecule has 3 aromatic rings. The average molecular weight is 415 g/mol. The molecule has 0 unspecified atom stereocenters. The summed E-state index contributed by atoms with van der Waals surface area (Å²) < 4.78 is 0. The fourth-order valence-electron chi connectivity index (χ4n) is 5.04. The smallest absolute Gasteiger partial charge is 0.323 e. The van der Waals surface area contributed by atoms with Crippen molar-refractivity contribution < 1.29 is 4.79 Å². The first kappa shape index (κ1) is 19.9. The number of carbonyl (C=O) groups excluding carboxylic acids is 1. The molecule has 31 heavy (non-hydrogen) atoms. The Morgan fingerprint density at radius 2 is 1.71 bits per heavy atom. The number of hydrogen-bond acceptors (Lipinski definition) is 3. The molecule has 5 heteroatoms. The number of carbonyl (C=O) groups is 1. The van der Waals surface area contributed by atoms with Crippen molar-refractivity contribution in [2.45, 2.75) is 51.5 Å². The van der Waals surface area contributed by atoms with Gasteiger partial charge >= 0.3 is 6.03 Å². The molecule has 1 aliphatic carbocycles. The van der Waals surface area contributed by atoms with E-state index in [0.29, 0.717) is 6.04 Å². The van der Waals surface area contributed by atoms with Crippen molar-refractivity contribution in [1.82, 2.24) is 4.98 Å². The number of amides is 2. The van der Waals surface area contributed by atoms with Crippen LogP contribution in [-0.4, -0.2) is 23.6 Å². The van der Waals surface area contributed by atoms with E-state index >= 15 is 0 Å². The van der Waals surface area contributed by atoms with Crippen LogP contribution >= 0.6 is 0 Å². The normalized spacial score (nSPS) is 20.1. The Hall–Kier alpha value is -3.08. The van der Waals surface area contributed by atoms with Crippen molar-refractivity contribution in [3.8, 4) is 0 Å². The van der Waals surface area contributed by atoms with E-state index in [0.717, 1.165) is 53.4 Å². The van der Waals surface area contributed by atoms with Crippen molar-refractivity contribution >= 4 is 34.1 Å². The molecular formula is C26H30N4O. The number of rotatable bonds is 5. The molecule has 0 radical (unpaired) electrons. The van der Waals surface area contributed by atoms with Crippen LogP contribution in [0.4, 0.5) is 22.0 Å². The monoisotopic (exact) mass is 414 g/mol. The minimum Gasteiger partial charge on any atom is -0.353 e. The number of fused-ring (bicyclic) bond motifs is 4. The second kappa shape index (κ2) is 8.58. The van der Waals surface area contributed by atoms with Gasteiger partial charge in [0.2, 0.25) is 0 Å². The van der Waals surface area contributed by atoms with E-state index in [1.807, 2.05) is 30.3 Å². The number of piperidine rings is 2. The summed E-state index contributed by atoms with van der Waals surface area (Å²) in [5.41, 5.74) is 3.81. The highest BCUT2D eigenvalue weighted by Gasteiger charge is 2.34. The topological polar surface area (TPSA) is 57.3 Å². The molecule has 2 bridgehead atoms.